The van der Waals surface area contributed by atoms with Crippen LogP contribution in [0.25, 0.3) is 11.3 Å². The minimum Gasteiger partial charge on any atom is -0.453 e. The second kappa shape index (κ2) is 8.92. The van der Waals surface area contributed by atoms with Crippen molar-refractivity contribution in [1.29, 1.82) is 0 Å². The van der Waals surface area contributed by atoms with Crippen LogP contribution >= 0.6 is 0 Å². The largest absolute Gasteiger partial charge is 0.453 e. The summed E-state index contributed by atoms with van der Waals surface area (Å²) in [5.74, 6) is 0.540. The average molecular weight is 384 g/mol. The van der Waals surface area contributed by atoms with Crippen molar-refractivity contribution in [2.75, 3.05) is 27.4 Å². The first-order valence-electron chi connectivity index (χ1n) is 9.29. The van der Waals surface area contributed by atoms with Gasteiger partial charge in [0.15, 0.2) is 0 Å². The summed E-state index contributed by atoms with van der Waals surface area (Å²) in [6.45, 7) is 0.678. The lowest BCUT2D eigenvalue weighted by Crippen LogP contribution is -2.50. The van der Waals surface area contributed by atoms with Crippen LogP contribution in [0.15, 0.2) is 30.5 Å². The molecule has 0 radical (unpaired) electrons. The Morgan fingerprint density at radius 1 is 1.36 bits per heavy atom. The van der Waals surface area contributed by atoms with E-state index in [1.807, 2.05) is 20.0 Å². The van der Waals surface area contributed by atoms with E-state index in [9.17, 15) is 9.59 Å². The third-order valence-corrected chi connectivity index (χ3v) is 4.92. The van der Waals surface area contributed by atoms with Crippen LogP contribution in [0, 0.1) is 0 Å². The molecule has 2 amide bonds. The predicted molar refractivity (Wildman–Crippen MR) is 107 cm³/mol. The fourth-order valence-electron chi connectivity index (χ4n) is 3.44. The third kappa shape index (κ3) is 4.36. The quantitative estimate of drug-likeness (QED) is 0.702. The average Bonchev–Trinajstić information content (AvgIpc) is 3.36. The van der Waals surface area contributed by atoms with E-state index in [0.717, 1.165) is 29.9 Å². The summed E-state index contributed by atoms with van der Waals surface area (Å²) in [5.41, 5.74) is 3.15. The zero-order valence-electron chi connectivity index (χ0n) is 16.4. The molecule has 0 bridgehead atoms. The fraction of sp³-hybridized carbons (Fsp3) is 0.421. The standard InChI is InChI=1S/C19H25BN4O4/c1-27-11-15(23-19(26)28-2)18(25)24-9-3-4-16(24)17-21-10-14(22-17)12-5-7-13(20)8-6-12/h5-8,10,15-16H,3-4,9,11,20H2,1-2H3,(H,21,22)(H,23,26)/t15-,16-/m0/s1. The van der Waals surface area contributed by atoms with E-state index in [2.05, 4.69) is 32.2 Å². The molecular weight excluding hydrogens is 359 g/mol. The van der Waals surface area contributed by atoms with Gasteiger partial charge in [0.05, 0.1) is 31.6 Å². The molecule has 8 nitrogen and oxygen atoms in total. The third-order valence-electron chi connectivity index (χ3n) is 4.92. The Balaban J connectivity index is 1.77. The molecule has 0 unspecified atom stereocenters. The summed E-state index contributed by atoms with van der Waals surface area (Å²) in [5, 5.41) is 2.54. The van der Waals surface area contributed by atoms with Crippen molar-refractivity contribution >= 4 is 25.3 Å². The van der Waals surface area contributed by atoms with Crippen molar-refractivity contribution < 1.29 is 19.1 Å². The molecule has 1 saturated heterocycles. The minimum absolute atomic E-state index is 0.0733. The maximum atomic E-state index is 13.0. The lowest BCUT2D eigenvalue weighted by molar-refractivity contribution is -0.135. The molecule has 2 N–H and O–H groups in total. The van der Waals surface area contributed by atoms with Crippen molar-refractivity contribution in [3.05, 3.63) is 36.3 Å². The van der Waals surface area contributed by atoms with Gasteiger partial charge < -0.3 is 24.7 Å². The number of aromatic nitrogens is 2. The first-order chi connectivity index (χ1) is 13.5. The summed E-state index contributed by atoms with van der Waals surface area (Å²) in [6.07, 6.45) is 2.81. The summed E-state index contributed by atoms with van der Waals surface area (Å²) in [4.78, 5) is 34.2. The zero-order valence-corrected chi connectivity index (χ0v) is 16.4. The van der Waals surface area contributed by atoms with Crippen molar-refractivity contribution in [3.8, 4) is 11.3 Å². The lowest BCUT2D eigenvalue weighted by Gasteiger charge is -2.27. The Bertz CT molecular complexity index is 824. The number of rotatable bonds is 6. The van der Waals surface area contributed by atoms with Crippen molar-refractivity contribution in [2.45, 2.75) is 24.9 Å². The predicted octanol–water partition coefficient (Wildman–Crippen LogP) is 0.370. The van der Waals surface area contributed by atoms with Gasteiger partial charge in [0, 0.05) is 13.7 Å². The van der Waals surface area contributed by atoms with Gasteiger partial charge in [0.25, 0.3) is 0 Å². The van der Waals surface area contributed by atoms with E-state index in [4.69, 9.17) is 4.74 Å². The van der Waals surface area contributed by atoms with E-state index in [1.165, 1.54) is 19.7 Å². The molecule has 1 fully saturated rings. The summed E-state index contributed by atoms with van der Waals surface area (Å²) in [7, 11) is 4.79. The van der Waals surface area contributed by atoms with Crippen LogP contribution in [0.5, 0.6) is 0 Å². The molecule has 0 saturated carbocycles. The number of ether oxygens (including phenoxy) is 2. The summed E-state index contributed by atoms with van der Waals surface area (Å²) < 4.78 is 9.72. The number of H-pyrrole nitrogens is 1. The van der Waals surface area contributed by atoms with Crippen LogP contribution in [0.1, 0.15) is 24.7 Å². The number of nitrogens with one attached hydrogen (secondary N) is 2. The number of imidazole rings is 1. The fourth-order valence-corrected chi connectivity index (χ4v) is 3.44. The van der Waals surface area contributed by atoms with Crippen LogP contribution in [0.2, 0.25) is 0 Å². The molecule has 1 aliphatic heterocycles. The molecule has 2 heterocycles. The molecule has 2 aromatic rings. The highest BCUT2D eigenvalue weighted by atomic mass is 16.5. The Morgan fingerprint density at radius 2 is 2.11 bits per heavy atom. The molecule has 2 atom stereocenters. The number of amides is 2. The number of hydrogen-bond donors (Lipinski definition) is 2. The smallest absolute Gasteiger partial charge is 0.407 e. The van der Waals surface area contributed by atoms with Gasteiger partial charge in [-0.1, -0.05) is 29.7 Å². The second-order valence-electron chi connectivity index (χ2n) is 6.88. The van der Waals surface area contributed by atoms with Gasteiger partial charge in [-0.2, -0.15) is 0 Å². The number of benzene rings is 1. The molecule has 1 aliphatic rings. The van der Waals surface area contributed by atoms with E-state index in [-0.39, 0.29) is 18.6 Å². The summed E-state index contributed by atoms with van der Waals surface area (Å²) >= 11 is 0. The number of alkyl carbamates (subject to hydrolysis) is 1. The number of methoxy groups -OCH3 is 2. The monoisotopic (exact) mass is 384 g/mol. The number of aromatic amines is 1. The van der Waals surface area contributed by atoms with Crippen molar-refractivity contribution in [3.63, 3.8) is 0 Å². The number of hydrogen-bond acceptors (Lipinski definition) is 5. The number of likely N-dealkylation sites (tertiary alicyclic amines) is 1. The van der Waals surface area contributed by atoms with E-state index < -0.39 is 12.1 Å². The lowest BCUT2D eigenvalue weighted by atomic mass is 9.95. The number of carbonyl (C=O) groups is 2. The van der Waals surface area contributed by atoms with Crippen LogP contribution in [0.4, 0.5) is 4.79 Å². The van der Waals surface area contributed by atoms with Crippen LogP contribution in [-0.4, -0.2) is 68.1 Å². The molecule has 3 rings (SSSR count). The van der Waals surface area contributed by atoms with E-state index in [1.54, 1.807) is 11.1 Å². The molecule has 0 aliphatic carbocycles. The zero-order chi connectivity index (χ0) is 20.1. The molecule has 28 heavy (non-hydrogen) atoms. The molecule has 9 heteroatoms. The van der Waals surface area contributed by atoms with Gasteiger partial charge >= 0.3 is 6.09 Å². The molecule has 1 aromatic carbocycles. The van der Waals surface area contributed by atoms with Crippen molar-refractivity contribution in [2.24, 2.45) is 0 Å². The minimum atomic E-state index is -0.801. The molecular formula is C19H25BN4O4. The van der Waals surface area contributed by atoms with Gasteiger partial charge in [-0.05, 0) is 18.4 Å². The Morgan fingerprint density at radius 3 is 2.79 bits per heavy atom. The topological polar surface area (TPSA) is 96.6 Å². The van der Waals surface area contributed by atoms with Gasteiger partial charge in [0.2, 0.25) is 5.91 Å². The SMILES string of the molecule is Bc1ccc(-c2cnc([C@@H]3CCCN3C(=O)[C@H](COC)NC(=O)OC)[nH]2)cc1. The molecule has 0 spiro atoms. The first-order valence-corrected chi connectivity index (χ1v) is 9.29. The number of carbonyl (C=O) groups excluding carboxylic acids is 2. The Labute approximate surface area is 165 Å². The Kier molecular flexibility index (Phi) is 6.36. The Hall–Kier alpha value is -2.81. The van der Waals surface area contributed by atoms with Crippen molar-refractivity contribution in [1.82, 2.24) is 20.2 Å². The highest BCUT2D eigenvalue weighted by Crippen LogP contribution is 2.32. The van der Waals surface area contributed by atoms with Gasteiger partial charge in [0.1, 0.15) is 19.7 Å². The van der Waals surface area contributed by atoms with E-state index in [0.29, 0.717) is 6.54 Å². The van der Waals surface area contributed by atoms with Gasteiger partial charge in [-0.25, -0.2) is 9.78 Å². The van der Waals surface area contributed by atoms with E-state index >= 15 is 0 Å². The highest BCUT2D eigenvalue weighted by molar-refractivity contribution is 6.32. The summed E-state index contributed by atoms with van der Waals surface area (Å²) in [6, 6.07) is 7.22. The normalized spacial score (nSPS) is 17.4. The number of nitrogens with zero attached hydrogens (tertiary/aromatic N) is 2. The molecule has 1 aromatic heterocycles. The van der Waals surface area contributed by atoms with Crippen LogP contribution in [0.3, 0.4) is 0 Å². The molecule has 148 valence electrons. The maximum Gasteiger partial charge on any atom is 0.407 e. The maximum absolute atomic E-state index is 13.0. The van der Waals surface area contributed by atoms with Gasteiger partial charge in [-0.3, -0.25) is 4.79 Å². The highest BCUT2D eigenvalue weighted by Gasteiger charge is 2.36. The van der Waals surface area contributed by atoms with Gasteiger partial charge in [-0.15, -0.1) is 0 Å². The van der Waals surface area contributed by atoms with Crippen LogP contribution in [-0.2, 0) is 14.3 Å². The van der Waals surface area contributed by atoms with Crippen LogP contribution < -0.4 is 10.8 Å². The second-order valence-corrected chi connectivity index (χ2v) is 6.88. The first kappa shape index (κ1) is 19.9.